The summed E-state index contributed by atoms with van der Waals surface area (Å²) in [6.07, 6.45) is 1.16. The first kappa shape index (κ1) is 20.9. The van der Waals surface area contributed by atoms with Crippen LogP contribution in [-0.4, -0.2) is 88.3 Å². The van der Waals surface area contributed by atoms with Crippen molar-refractivity contribution in [2.24, 2.45) is 5.92 Å². The molecule has 1 aromatic rings. The summed E-state index contributed by atoms with van der Waals surface area (Å²) in [6, 6.07) is 7.93. The molecule has 2 heterocycles. The van der Waals surface area contributed by atoms with Crippen LogP contribution >= 0.6 is 0 Å². The number of piperidine rings is 1. The zero-order valence-electron chi connectivity index (χ0n) is 16.9. The van der Waals surface area contributed by atoms with Crippen molar-refractivity contribution in [2.75, 3.05) is 65.4 Å². The maximum absolute atomic E-state index is 12.9. The summed E-state index contributed by atoms with van der Waals surface area (Å²) < 4.78 is 32.6. The minimum atomic E-state index is -3.40. The Morgan fingerprint density at radius 2 is 1.64 bits per heavy atom. The van der Waals surface area contributed by atoms with Gasteiger partial charge >= 0.3 is 0 Å². The number of ether oxygens (including phenoxy) is 1. The van der Waals surface area contributed by atoms with Crippen LogP contribution in [0.15, 0.2) is 24.3 Å². The summed E-state index contributed by atoms with van der Waals surface area (Å²) in [7, 11) is 1.34. The molecule has 0 radical (unpaired) electrons. The molecule has 2 saturated heterocycles. The molecule has 0 saturated carbocycles. The molecule has 0 bridgehead atoms. The van der Waals surface area contributed by atoms with Gasteiger partial charge in [0.1, 0.15) is 5.75 Å². The summed E-state index contributed by atoms with van der Waals surface area (Å²) in [6.45, 7) is 3.68. The second-order valence-electron chi connectivity index (χ2n) is 7.45. The van der Waals surface area contributed by atoms with E-state index in [0.29, 0.717) is 39.0 Å². The van der Waals surface area contributed by atoms with Crippen LogP contribution in [0.1, 0.15) is 12.8 Å². The van der Waals surface area contributed by atoms with Crippen molar-refractivity contribution >= 4 is 21.8 Å². The number of nitrogens with zero attached hydrogens (tertiary/aromatic N) is 4. The third-order valence-corrected chi connectivity index (χ3v) is 7.55. The van der Waals surface area contributed by atoms with Crippen LogP contribution in [-0.2, 0) is 15.0 Å². The first-order chi connectivity index (χ1) is 13.3. The monoisotopic (exact) mass is 410 g/mol. The SMILES string of the molecule is COc1ccccc1N1CCN(C(=O)C2CCN(S(=O)(=O)N(C)C)CC2)CC1. The molecule has 28 heavy (non-hydrogen) atoms. The van der Waals surface area contributed by atoms with Crippen LogP contribution in [0.2, 0.25) is 0 Å². The molecule has 1 aromatic carbocycles. The smallest absolute Gasteiger partial charge is 0.281 e. The Labute approximate surface area is 167 Å². The van der Waals surface area contributed by atoms with Gasteiger partial charge in [-0.25, -0.2) is 0 Å². The van der Waals surface area contributed by atoms with E-state index >= 15 is 0 Å². The lowest BCUT2D eigenvalue weighted by Gasteiger charge is -2.39. The molecule has 2 aliphatic rings. The van der Waals surface area contributed by atoms with E-state index in [1.54, 1.807) is 7.11 Å². The number of methoxy groups -OCH3 is 1. The van der Waals surface area contributed by atoms with Crippen molar-refractivity contribution in [3.05, 3.63) is 24.3 Å². The predicted octanol–water partition coefficient (Wildman–Crippen LogP) is 0.862. The Morgan fingerprint density at radius 3 is 2.21 bits per heavy atom. The van der Waals surface area contributed by atoms with Gasteiger partial charge < -0.3 is 14.5 Å². The third kappa shape index (κ3) is 4.26. The lowest BCUT2D eigenvalue weighted by molar-refractivity contribution is -0.137. The normalized spacial score (nSPS) is 19.9. The first-order valence-electron chi connectivity index (χ1n) is 9.69. The van der Waals surface area contributed by atoms with Crippen LogP contribution < -0.4 is 9.64 Å². The number of benzene rings is 1. The van der Waals surface area contributed by atoms with Crippen molar-refractivity contribution in [3.63, 3.8) is 0 Å². The second-order valence-corrected chi connectivity index (χ2v) is 9.59. The molecule has 9 heteroatoms. The molecular weight excluding hydrogens is 380 g/mol. The summed E-state index contributed by atoms with van der Waals surface area (Å²) in [5.74, 6) is 0.907. The van der Waals surface area contributed by atoms with Gasteiger partial charge in [-0.2, -0.15) is 17.0 Å². The minimum Gasteiger partial charge on any atom is -0.495 e. The van der Waals surface area contributed by atoms with Crippen molar-refractivity contribution in [1.29, 1.82) is 0 Å². The average molecular weight is 411 g/mol. The van der Waals surface area contributed by atoms with E-state index in [2.05, 4.69) is 4.90 Å². The van der Waals surface area contributed by atoms with Gasteiger partial charge in [0.15, 0.2) is 0 Å². The van der Waals surface area contributed by atoms with Crippen molar-refractivity contribution in [2.45, 2.75) is 12.8 Å². The summed E-state index contributed by atoms with van der Waals surface area (Å²) in [4.78, 5) is 17.1. The standard InChI is InChI=1S/C19H30N4O4S/c1-20(2)28(25,26)23-10-8-16(9-11-23)19(24)22-14-12-21(13-15-22)17-6-4-5-7-18(17)27-3/h4-7,16H,8-15H2,1-3H3. The van der Waals surface area contributed by atoms with Crippen LogP contribution in [0.3, 0.4) is 0 Å². The number of piperazine rings is 1. The number of rotatable bonds is 5. The highest BCUT2D eigenvalue weighted by molar-refractivity contribution is 7.86. The van der Waals surface area contributed by atoms with Gasteiger partial charge in [-0.05, 0) is 25.0 Å². The van der Waals surface area contributed by atoms with Crippen LogP contribution in [0.5, 0.6) is 5.75 Å². The van der Waals surface area contributed by atoms with Gasteiger partial charge in [-0.1, -0.05) is 12.1 Å². The van der Waals surface area contributed by atoms with Gasteiger partial charge in [-0.15, -0.1) is 0 Å². The van der Waals surface area contributed by atoms with Crippen LogP contribution in [0.25, 0.3) is 0 Å². The Balaban J connectivity index is 1.54. The molecule has 2 aliphatic heterocycles. The van der Waals surface area contributed by atoms with Gasteiger partial charge in [0.25, 0.3) is 10.2 Å². The van der Waals surface area contributed by atoms with E-state index < -0.39 is 10.2 Å². The Morgan fingerprint density at radius 1 is 1.04 bits per heavy atom. The predicted molar refractivity (Wildman–Crippen MR) is 109 cm³/mol. The molecule has 0 spiro atoms. The highest BCUT2D eigenvalue weighted by Gasteiger charge is 2.34. The highest BCUT2D eigenvalue weighted by atomic mass is 32.2. The Hall–Kier alpha value is -1.84. The number of carbonyl (C=O) groups excluding carboxylic acids is 1. The Kier molecular flexibility index (Phi) is 6.47. The zero-order chi connectivity index (χ0) is 20.3. The number of para-hydroxylation sites is 2. The molecule has 1 amide bonds. The number of hydrogen-bond donors (Lipinski definition) is 0. The lowest BCUT2D eigenvalue weighted by atomic mass is 9.96. The van der Waals surface area contributed by atoms with E-state index in [1.165, 1.54) is 22.7 Å². The number of amides is 1. The molecule has 0 N–H and O–H groups in total. The number of anilines is 1. The molecule has 0 unspecified atom stereocenters. The molecule has 0 aromatic heterocycles. The van der Waals surface area contributed by atoms with Crippen LogP contribution in [0.4, 0.5) is 5.69 Å². The largest absolute Gasteiger partial charge is 0.495 e. The van der Waals surface area contributed by atoms with Crippen LogP contribution in [0, 0.1) is 5.92 Å². The number of hydrogen-bond acceptors (Lipinski definition) is 5. The van der Waals surface area contributed by atoms with E-state index in [4.69, 9.17) is 4.74 Å². The Bertz CT molecular complexity index is 783. The lowest BCUT2D eigenvalue weighted by Crippen LogP contribution is -2.52. The average Bonchev–Trinajstić information content (AvgIpc) is 2.73. The molecule has 2 fully saturated rings. The van der Waals surface area contributed by atoms with E-state index in [9.17, 15) is 13.2 Å². The number of carbonyl (C=O) groups is 1. The second kappa shape index (κ2) is 8.67. The zero-order valence-corrected chi connectivity index (χ0v) is 17.7. The summed E-state index contributed by atoms with van der Waals surface area (Å²) >= 11 is 0. The van der Waals surface area contributed by atoms with E-state index in [0.717, 1.165) is 24.5 Å². The molecular formula is C19H30N4O4S. The molecule has 156 valence electrons. The van der Waals surface area contributed by atoms with E-state index in [-0.39, 0.29) is 11.8 Å². The fourth-order valence-corrected chi connectivity index (χ4v) is 5.02. The van der Waals surface area contributed by atoms with Gasteiger partial charge in [0.05, 0.1) is 12.8 Å². The van der Waals surface area contributed by atoms with Crippen molar-refractivity contribution < 1.29 is 17.9 Å². The minimum absolute atomic E-state index is 0.0913. The van der Waals surface area contributed by atoms with Crippen molar-refractivity contribution in [3.8, 4) is 5.75 Å². The van der Waals surface area contributed by atoms with Gasteiger partial charge in [0, 0.05) is 59.3 Å². The first-order valence-corrected chi connectivity index (χ1v) is 11.1. The van der Waals surface area contributed by atoms with Crippen molar-refractivity contribution in [1.82, 2.24) is 13.5 Å². The van der Waals surface area contributed by atoms with Gasteiger partial charge in [-0.3, -0.25) is 4.79 Å². The quantitative estimate of drug-likeness (QED) is 0.720. The third-order valence-electron chi connectivity index (χ3n) is 5.61. The maximum atomic E-state index is 12.9. The summed E-state index contributed by atoms with van der Waals surface area (Å²) in [5, 5.41) is 0. The molecule has 0 atom stereocenters. The summed E-state index contributed by atoms with van der Waals surface area (Å²) in [5.41, 5.74) is 1.05. The molecule has 8 nitrogen and oxygen atoms in total. The fourth-order valence-electron chi connectivity index (χ4n) is 3.88. The highest BCUT2D eigenvalue weighted by Crippen LogP contribution is 2.29. The fraction of sp³-hybridized carbons (Fsp3) is 0.632. The molecule has 0 aliphatic carbocycles. The maximum Gasteiger partial charge on any atom is 0.281 e. The van der Waals surface area contributed by atoms with Gasteiger partial charge in [0.2, 0.25) is 5.91 Å². The molecule has 3 rings (SSSR count). The topological polar surface area (TPSA) is 73.4 Å². The van der Waals surface area contributed by atoms with E-state index in [1.807, 2.05) is 29.2 Å².